The van der Waals surface area contributed by atoms with Gasteiger partial charge in [0.15, 0.2) is 0 Å². The average molecular weight is 572 g/mol. The van der Waals surface area contributed by atoms with Crippen molar-refractivity contribution in [1.82, 2.24) is 44.6 Å². The molecule has 3 N–H and O–H groups in total. The summed E-state index contributed by atoms with van der Waals surface area (Å²) in [6, 6.07) is 9.29. The standard InChI is InChI=1S/C32H45N9O/c1-3-19-39(20-4-2)27-9-11-28(12-10-27)40(22-29-33-13-14-34-29)21-25-5-7-26(8-6-25)32(42)41(23-30-35-15-16-36-30)24-31-37-17-18-38-31/h5-8,13-18,27-28H,3-4,9-12,19-24H2,1-2H3,(H,33,34)(H,35,36)(H,37,38). The van der Waals surface area contributed by atoms with E-state index in [0.717, 1.165) is 30.6 Å². The minimum absolute atomic E-state index is 0.0520. The van der Waals surface area contributed by atoms with Crippen LogP contribution in [0.2, 0.25) is 0 Å². The number of hydrogen-bond donors (Lipinski definition) is 3. The number of nitrogens with zero attached hydrogens (tertiary/aromatic N) is 6. The van der Waals surface area contributed by atoms with Crippen LogP contribution in [0.15, 0.2) is 61.4 Å². The number of carbonyl (C=O) groups is 1. The average Bonchev–Trinajstić information content (AvgIpc) is 3.82. The van der Waals surface area contributed by atoms with Gasteiger partial charge >= 0.3 is 0 Å². The lowest BCUT2D eigenvalue weighted by Crippen LogP contribution is -2.44. The topological polar surface area (TPSA) is 113 Å². The van der Waals surface area contributed by atoms with Crippen LogP contribution in [0.1, 0.15) is 85.8 Å². The van der Waals surface area contributed by atoms with Gasteiger partial charge in [0.2, 0.25) is 0 Å². The zero-order valence-corrected chi connectivity index (χ0v) is 25.0. The second-order valence-corrected chi connectivity index (χ2v) is 11.4. The SMILES string of the molecule is CCCN(CCC)C1CCC(N(Cc2ccc(C(=O)N(Cc3ncc[nH]3)Cc3ncc[nH]3)cc2)Cc2ncc[nH]2)CC1. The molecule has 0 unspecified atom stereocenters. The van der Waals surface area contributed by atoms with Gasteiger partial charge in [0.25, 0.3) is 5.91 Å². The zero-order chi connectivity index (χ0) is 29.1. The third-order valence-corrected chi connectivity index (χ3v) is 8.29. The fourth-order valence-electron chi connectivity index (χ4n) is 6.23. The first-order chi connectivity index (χ1) is 20.6. The van der Waals surface area contributed by atoms with Gasteiger partial charge in [0.1, 0.15) is 17.5 Å². The maximum atomic E-state index is 13.6. The van der Waals surface area contributed by atoms with Crippen LogP contribution in [0.3, 0.4) is 0 Å². The van der Waals surface area contributed by atoms with E-state index in [1.807, 2.05) is 24.5 Å². The van der Waals surface area contributed by atoms with Crippen molar-refractivity contribution in [3.8, 4) is 0 Å². The van der Waals surface area contributed by atoms with E-state index >= 15 is 0 Å². The zero-order valence-electron chi connectivity index (χ0n) is 25.0. The highest BCUT2D eigenvalue weighted by molar-refractivity contribution is 5.94. The quantitative estimate of drug-likeness (QED) is 0.182. The van der Waals surface area contributed by atoms with Gasteiger partial charge in [-0.25, -0.2) is 15.0 Å². The largest absolute Gasteiger partial charge is 0.348 e. The fourth-order valence-corrected chi connectivity index (χ4v) is 6.23. The molecule has 224 valence electrons. The summed E-state index contributed by atoms with van der Waals surface area (Å²) in [5, 5.41) is 0. The number of carbonyl (C=O) groups excluding carboxylic acids is 1. The number of rotatable bonds is 15. The Labute approximate surface area is 249 Å². The molecule has 4 aromatic rings. The minimum Gasteiger partial charge on any atom is -0.348 e. The van der Waals surface area contributed by atoms with Gasteiger partial charge in [-0.3, -0.25) is 9.69 Å². The third-order valence-electron chi connectivity index (χ3n) is 8.29. The Hall–Kier alpha value is -3.76. The van der Waals surface area contributed by atoms with Crippen LogP contribution < -0.4 is 0 Å². The van der Waals surface area contributed by atoms with Crippen molar-refractivity contribution >= 4 is 5.91 Å². The first-order valence-corrected chi connectivity index (χ1v) is 15.4. The van der Waals surface area contributed by atoms with Gasteiger partial charge in [0.05, 0.1) is 19.6 Å². The van der Waals surface area contributed by atoms with E-state index in [9.17, 15) is 4.79 Å². The summed E-state index contributed by atoms with van der Waals surface area (Å²) in [4.78, 5) is 43.3. The van der Waals surface area contributed by atoms with Gasteiger partial charge in [-0.1, -0.05) is 26.0 Å². The van der Waals surface area contributed by atoms with Crippen molar-refractivity contribution in [2.24, 2.45) is 0 Å². The summed E-state index contributed by atoms with van der Waals surface area (Å²) >= 11 is 0. The molecule has 1 aromatic carbocycles. The number of nitrogens with one attached hydrogen (secondary N) is 3. The van der Waals surface area contributed by atoms with Crippen LogP contribution in [0.25, 0.3) is 0 Å². The van der Waals surface area contributed by atoms with E-state index in [4.69, 9.17) is 0 Å². The molecular formula is C32H45N9O. The van der Waals surface area contributed by atoms with E-state index in [0.29, 0.717) is 30.7 Å². The number of imidazole rings is 3. The molecule has 10 nitrogen and oxygen atoms in total. The lowest BCUT2D eigenvalue weighted by molar-refractivity contribution is 0.0721. The molecule has 1 amide bonds. The third kappa shape index (κ3) is 7.95. The van der Waals surface area contributed by atoms with Crippen molar-refractivity contribution in [2.75, 3.05) is 13.1 Å². The Balaban J connectivity index is 1.26. The number of amides is 1. The molecule has 3 aromatic heterocycles. The monoisotopic (exact) mass is 571 g/mol. The molecule has 42 heavy (non-hydrogen) atoms. The summed E-state index contributed by atoms with van der Waals surface area (Å²) in [7, 11) is 0. The van der Waals surface area contributed by atoms with Crippen LogP contribution in [0.4, 0.5) is 0 Å². The Morgan fingerprint density at radius 2 is 1.17 bits per heavy atom. The summed E-state index contributed by atoms with van der Waals surface area (Å²) in [5.74, 6) is 2.42. The smallest absolute Gasteiger partial charge is 0.254 e. The maximum Gasteiger partial charge on any atom is 0.254 e. The number of hydrogen-bond acceptors (Lipinski definition) is 6. The van der Waals surface area contributed by atoms with Crippen molar-refractivity contribution in [1.29, 1.82) is 0 Å². The molecule has 10 heteroatoms. The molecule has 1 saturated carbocycles. The number of aromatic amines is 3. The Bertz CT molecular complexity index is 1250. The molecule has 5 rings (SSSR count). The molecule has 1 aliphatic carbocycles. The van der Waals surface area contributed by atoms with E-state index in [1.165, 1.54) is 57.2 Å². The Kier molecular flexibility index (Phi) is 10.6. The van der Waals surface area contributed by atoms with Crippen LogP contribution in [-0.2, 0) is 26.2 Å². The summed E-state index contributed by atoms with van der Waals surface area (Å²) in [6.45, 7) is 9.33. The van der Waals surface area contributed by atoms with Crippen LogP contribution in [0.5, 0.6) is 0 Å². The lowest BCUT2D eigenvalue weighted by Gasteiger charge is -2.40. The number of aromatic nitrogens is 6. The molecule has 0 bridgehead atoms. The van der Waals surface area contributed by atoms with Crippen molar-refractivity contribution in [3.05, 3.63) is 90.0 Å². The fraction of sp³-hybridized carbons (Fsp3) is 0.500. The number of H-pyrrole nitrogens is 3. The highest BCUT2D eigenvalue weighted by Gasteiger charge is 2.29. The molecule has 0 atom stereocenters. The van der Waals surface area contributed by atoms with Gasteiger partial charge < -0.3 is 24.8 Å². The molecule has 1 fully saturated rings. The predicted octanol–water partition coefficient (Wildman–Crippen LogP) is 5.13. The summed E-state index contributed by atoms with van der Waals surface area (Å²) in [5.41, 5.74) is 1.85. The first-order valence-electron chi connectivity index (χ1n) is 15.4. The molecule has 0 saturated heterocycles. The van der Waals surface area contributed by atoms with E-state index in [2.05, 4.69) is 65.7 Å². The highest BCUT2D eigenvalue weighted by atomic mass is 16.2. The molecular weight excluding hydrogens is 526 g/mol. The highest BCUT2D eigenvalue weighted by Crippen LogP contribution is 2.29. The lowest BCUT2D eigenvalue weighted by atomic mass is 9.88. The normalized spacial score (nSPS) is 17.2. The molecule has 3 heterocycles. The molecule has 1 aliphatic rings. The second kappa shape index (κ2) is 14.9. The summed E-state index contributed by atoms with van der Waals surface area (Å²) < 4.78 is 0. The van der Waals surface area contributed by atoms with E-state index in [-0.39, 0.29) is 5.91 Å². The van der Waals surface area contributed by atoms with Crippen molar-refractivity contribution in [2.45, 2.75) is 90.6 Å². The Morgan fingerprint density at radius 1 is 0.690 bits per heavy atom. The first kappa shape index (κ1) is 29.7. The van der Waals surface area contributed by atoms with Crippen LogP contribution in [-0.4, -0.2) is 75.7 Å². The second-order valence-electron chi connectivity index (χ2n) is 11.4. The van der Waals surface area contributed by atoms with Crippen molar-refractivity contribution < 1.29 is 4.79 Å². The van der Waals surface area contributed by atoms with Gasteiger partial charge in [-0.2, -0.15) is 0 Å². The minimum atomic E-state index is -0.0520. The predicted molar refractivity (Wildman–Crippen MR) is 163 cm³/mol. The van der Waals surface area contributed by atoms with Gasteiger partial charge in [-0.05, 0) is 69.3 Å². The molecule has 0 spiro atoms. The van der Waals surface area contributed by atoms with Crippen molar-refractivity contribution in [3.63, 3.8) is 0 Å². The van der Waals surface area contributed by atoms with E-state index in [1.54, 1.807) is 29.7 Å². The van der Waals surface area contributed by atoms with Gasteiger partial charge in [-0.15, -0.1) is 0 Å². The molecule has 0 aliphatic heterocycles. The summed E-state index contributed by atoms with van der Waals surface area (Å²) in [6.07, 6.45) is 18.0. The maximum absolute atomic E-state index is 13.6. The number of benzene rings is 1. The Morgan fingerprint density at radius 3 is 1.62 bits per heavy atom. The van der Waals surface area contributed by atoms with Gasteiger partial charge in [0, 0.05) is 61.4 Å². The van der Waals surface area contributed by atoms with E-state index < -0.39 is 0 Å². The van der Waals surface area contributed by atoms with Crippen LogP contribution in [0, 0.1) is 0 Å². The van der Waals surface area contributed by atoms with Crippen LogP contribution >= 0.6 is 0 Å². The molecule has 0 radical (unpaired) electrons.